The van der Waals surface area contributed by atoms with E-state index in [9.17, 15) is 14.0 Å². The average molecular weight is 322 g/mol. The number of rotatable bonds is 3. The molecule has 2 aromatic carbocycles. The Morgan fingerprint density at radius 3 is 2.27 bits per heavy atom. The number of carbonyl (C=O) groups is 2. The molecular formula is C15H13ClFN3O2. The van der Waals surface area contributed by atoms with E-state index in [2.05, 4.69) is 5.32 Å². The third kappa shape index (κ3) is 3.53. The summed E-state index contributed by atoms with van der Waals surface area (Å²) in [6, 6.07) is 9.15. The smallest absolute Gasteiger partial charge is 0.323 e. The molecule has 0 saturated heterocycles. The van der Waals surface area contributed by atoms with E-state index in [1.165, 1.54) is 48.2 Å². The van der Waals surface area contributed by atoms with Crippen LogP contribution in [0, 0.1) is 5.82 Å². The van der Waals surface area contributed by atoms with Gasteiger partial charge in [-0.2, -0.15) is 0 Å². The fraction of sp³-hybridized carbons (Fsp3) is 0.0667. The van der Waals surface area contributed by atoms with Crippen molar-refractivity contribution in [3.8, 4) is 0 Å². The normalized spacial score (nSPS) is 10.1. The molecule has 5 nitrogen and oxygen atoms in total. The highest BCUT2D eigenvalue weighted by atomic mass is 35.5. The molecular weight excluding hydrogens is 309 g/mol. The number of amides is 3. The highest BCUT2D eigenvalue weighted by molar-refractivity contribution is 6.33. The molecule has 2 aromatic rings. The van der Waals surface area contributed by atoms with Crippen LogP contribution in [0.1, 0.15) is 6.92 Å². The topological polar surface area (TPSA) is 75.4 Å². The first-order chi connectivity index (χ1) is 10.4. The average Bonchev–Trinajstić information content (AvgIpc) is 2.44. The van der Waals surface area contributed by atoms with Crippen molar-refractivity contribution in [2.75, 3.05) is 10.2 Å². The summed E-state index contributed by atoms with van der Waals surface area (Å²) in [7, 11) is 0. The molecule has 0 heterocycles. The highest BCUT2D eigenvalue weighted by Gasteiger charge is 2.16. The molecule has 22 heavy (non-hydrogen) atoms. The van der Waals surface area contributed by atoms with Crippen LogP contribution in [0.2, 0.25) is 5.02 Å². The molecule has 0 aliphatic heterocycles. The largest absolute Gasteiger partial charge is 0.351 e. The Morgan fingerprint density at radius 2 is 1.73 bits per heavy atom. The molecule has 0 unspecified atom stereocenters. The zero-order valence-corrected chi connectivity index (χ0v) is 12.4. The van der Waals surface area contributed by atoms with Gasteiger partial charge in [-0.3, -0.25) is 9.69 Å². The molecule has 0 fully saturated rings. The Labute approximate surface area is 131 Å². The second-order valence-corrected chi connectivity index (χ2v) is 4.90. The summed E-state index contributed by atoms with van der Waals surface area (Å²) >= 11 is 5.99. The molecule has 0 spiro atoms. The molecule has 3 amide bonds. The summed E-state index contributed by atoms with van der Waals surface area (Å²) in [5.41, 5.74) is 6.54. The lowest BCUT2D eigenvalue weighted by molar-refractivity contribution is -0.114. The fourth-order valence-corrected chi connectivity index (χ4v) is 2.10. The lowest BCUT2D eigenvalue weighted by atomic mass is 10.2. The Bertz CT molecular complexity index is 719. The van der Waals surface area contributed by atoms with E-state index in [1.807, 2.05) is 0 Å². The first-order valence-electron chi connectivity index (χ1n) is 6.31. The van der Waals surface area contributed by atoms with E-state index >= 15 is 0 Å². The molecule has 7 heteroatoms. The van der Waals surface area contributed by atoms with Gasteiger partial charge in [0.1, 0.15) is 5.82 Å². The van der Waals surface area contributed by atoms with Crippen LogP contribution in [-0.4, -0.2) is 11.9 Å². The molecule has 0 aliphatic carbocycles. The maximum Gasteiger partial charge on any atom is 0.323 e. The minimum atomic E-state index is -0.747. The first-order valence-corrected chi connectivity index (χ1v) is 6.68. The SMILES string of the molecule is CC(=O)Nc1cc(N(C(N)=O)c2ccc(F)cc2)ccc1Cl. The summed E-state index contributed by atoms with van der Waals surface area (Å²) in [6.45, 7) is 1.34. The summed E-state index contributed by atoms with van der Waals surface area (Å²) < 4.78 is 13.0. The summed E-state index contributed by atoms with van der Waals surface area (Å²) in [6.07, 6.45) is 0. The summed E-state index contributed by atoms with van der Waals surface area (Å²) in [5, 5.41) is 2.88. The number of urea groups is 1. The van der Waals surface area contributed by atoms with Gasteiger partial charge < -0.3 is 11.1 Å². The van der Waals surface area contributed by atoms with E-state index in [0.29, 0.717) is 22.1 Å². The number of carbonyl (C=O) groups excluding carboxylic acids is 2. The van der Waals surface area contributed by atoms with Crippen molar-refractivity contribution in [1.82, 2.24) is 0 Å². The van der Waals surface area contributed by atoms with E-state index in [0.717, 1.165) is 0 Å². The minimum absolute atomic E-state index is 0.300. The molecule has 0 atom stereocenters. The molecule has 114 valence electrons. The zero-order valence-electron chi connectivity index (χ0n) is 11.6. The van der Waals surface area contributed by atoms with Crippen molar-refractivity contribution < 1.29 is 14.0 Å². The van der Waals surface area contributed by atoms with Gasteiger partial charge in [-0.25, -0.2) is 9.18 Å². The van der Waals surface area contributed by atoms with E-state index in [4.69, 9.17) is 17.3 Å². The van der Waals surface area contributed by atoms with Crippen LogP contribution in [-0.2, 0) is 4.79 Å². The van der Waals surface area contributed by atoms with E-state index in [1.54, 1.807) is 6.07 Å². The van der Waals surface area contributed by atoms with Crippen molar-refractivity contribution in [3.63, 3.8) is 0 Å². The Morgan fingerprint density at radius 1 is 1.14 bits per heavy atom. The summed E-state index contributed by atoms with van der Waals surface area (Å²) in [4.78, 5) is 24.1. The number of anilines is 3. The van der Waals surface area contributed by atoms with Gasteiger partial charge in [0.05, 0.1) is 22.1 Å². The van der Waals surface area contributed by atoms with Crippen molar-refractivity contribution in [2.45, 2.75) is 6.92 Å². The third-order valence-corrected chi connectivity index (χ3v) is 3.15. The fourth-order valence-electron chi connectivity index (χ4n) is 1.93. The predicted octanol–water partition coefficient (Wildman–Crippen LogP) is 3.65. The quantitative estimate of drug-likeness (QED) is 0.905. The Balaban J connectivity index is 2.47. The van der Waals surface area contributed by atoms with Crippen LogP contribution in [0.4, 0.5) is 26.2 Å². The molecule has 3 N–H and O–H groups in total. The number of hydrogen-bond donors (Lipinski definition) is 2. The van der Waals surface area contributed by atoms with Gasteiger partial charge in [0.25, 0.3) is 0 Å². The maximum absolute atomic E-state index is 13.0. The van der Waals surface area contributed by atoms with Gasteiger partial charge >= 0.3 is 6.03 Å². The molecule has 0 radical (unpaired) electrons. The molecule has 0 aromatic heterocycles. The number of nitrogens with one attached hydrogen (secondary N) is 1. The van der Waals surface area contributed by atoms with Crippen molar-refractivity contribution in [3.05, 3.63) is 53.3 Å². The van der Waals surface area contributed by atoms with Gasteiger partial charge in [0.2, 0.25) is 5.91 Å². The van der Waals surface area contributed by atoms with E-state index < -0.39 is 11.8 Å². The molecule has 0 saturated carbocycles. The lowest BCUT2D eigenvalue weighted by Crippen LogP contribution is -2.31. The monoisotopic (exact) mass is 321 g/mol. The Kier molecular flexibility index (Phi) is 4.62. The van der Waals surface area contributed by atoms with Crippen LogP contribution in [0.15, 0.2) is 42.5 Å². The number of primary amides is 1. The third-order valence-electron chi connectivity index (χ3n) is 2.82. The van der Waals surface area contributed by atoms with Gasteiger partial charge in [0, 0.05) is 6.92 Å². The van der Waals surface area contributed by atoms with Gasteiger partial charge in [-0.1, -0.05) is 11.6 Å². The number of nitrogens with two attached hydrogens (primary N) is 1. The number of nitrogens with zero attached hydrogens (tertiary/aromatic N) is 1. The van der Waals surface area contributed by atoms with Crippen LogP contribution in [0.25, 0.3) is 0 Å². The first kappa shape index (κ1) is 15.8. The minimum Gasteiger partial charge on any atom is -0.351 e. The highest BCUT2D eigenvalue weighted by Crippen LogP contribution is 2.31. The van der Waals surface area contributed by atoms with Crippen molar-refractivity contribution >= 4 is 40.6 Å². The zero-order chi connectivity index (χ0) is 16.3. The van der Waals surface area contributed by atoms with E-state index in [-0.39, 0.29) is 5.91 Å². The molecule has 0 bridgehead atoms. The van der Waals surface area contributed by atoms with Crippen LogP contribution in [0.3, 0.4) is 0 Å². The predicted molar refractivity (Wildman–Crippen MR) is 83.9 cm³/mol. The maximum atomic E-state index is 13.0. The number of hydrogen-bond acceptors (Lipinski definition) is 2. The van der Waals surface area contributed by atoms with Gasteiger partial charge in [-0.05, 0) is 42.5 Å². The second-order valence-electron chi connectivity index (χ2n) is 4.50. The molecule has 0 aliphatic rings. The lowest BCUT2D eigenvalue weighted by Gasteiger charge is -2.21. The van der Waals surface area contributed by atoms with Crippen molar-refractivity contribution in [2.24, 2.45) is 5.73 Å². The van der Waals surface area contributed by atoms with Crippen molar-refractivity contribution in [1.29, 1.82) is 0 Å². The number of benzene rings is 2. The van der Waals surface area contributed by atoms with Crippen LogP contribution < -0.4 is 16.0 Å². The standard InChI is InChI=1S/C15H13ClFN3O2/c1-9(21)19-14-8-12(6-7-13(14)16)20(15(18)22)11-4-2-10(17)3-5-11/h2-8H,1H3,(H2,18,22)(H,19,21). The number of halogens is 2. The Hall–Kier alpha value is -2.60. The second kappa shape index (κ2) is 6.44. The van der Waals surface area contributed by atoms with Crippen LogP contribution in [0.5, 0.6) is 0 Å². The summed E-state index contributed by atoms with van der Waals surface area (Å²) in [5.74, 6) is -0.727. The van der Waals surface area contributed by atoms with Gasteiger partial charge in [0.15, 0.2) is 0 Å². The van der Waals surface area contributed by atoms with Crippen LogP contribution >= 0.6 is 11.6 Å². The van der Waals surface area contributed by atoms with Gasteiger partial charge in [-0.15, -0.1) is 0 Å². The molecule has 2 rings (SSSR count).